The Morgan fingerprint density at radius 3 is 2.88 bits per heavy atom. The molecule has 128 valence electrons. The molecule has 0 aromatic carbocycles. The SMILES string of the molecule is Cc1ccc(NC(=O)N2CCOCC2c2nnc(C(C)C)o2)cn1. The van der Waals surface area contributed by atoms with Crippen molar-refractivity contribution in [2.45, 2.75) is 32.7 Å². The van der Waals surface area contributed by atoms with Crippen LogP contribution in [0.15, 0.2) is 22.7 Å². The number of carbonyl (C=O) groups excluding carboxylic acids is 1. The van der Waals surface area contributed by atoms with Crippen molar-refractivity contribution in [2.75, 3.05) is 25.1 Å². The predicted molar refractivity (Wildman–Crippen MR) is 86.6 cm³/mol. The lowest BCUT2D eigenvalue weighted by atomic mass is 10.2. The Bertz CT molecular complexity index is 698. The van der Waals surface area contributed by atoms with Gasteiger partial charge >= 0.3 is 6.03 Å². The molecule has 2 aromatic rings. The Balaban J connectivity index is 1.75. The number of ether oxygens (including phenoxy) is 1. The molecule has 1 unspecified atom stereocenters. The second kappa shape index (κ2) is 6.96. The summed E-state index contributed by atoms with van der Waals surface area (Å²) in [5.74, 6) is 1.09. The normalized spacial score (nSPS) is 18.0. The van der Waals surface area contributed by atoms with Gasteiger partial charge in [0.05, 0.1) is 25.1 Å². The van der Waals surface area contributed by atoms with Crippen LogP contribution in [-0.2, 0) is 4.74 Å². The van der Waals surface area contributed by atoms with Crippen molar-refractivity contribution in [1.29, 1.82) is 0 Å². The van der Waals surface area contributed by atoms with Crippen LogP contribution in [0.4, 0.5) is 10.5 Å². The number of carbonyl (C=O) groups is 1. The molecule has 1 saturated heterocycles. The number of aryl methyl sites for hydroxylation is 1. The molecule has 1 N–H and O–H groups in total. The molecule has 0 aliphatic carbocycles. The Hall–Kier alpha value is -2.48. The molecule has 3 heterocycles. The summed E-state index contributed by atoms with van der Waals surface area (Å²) >= 11 is 0. The number of rotatable bonds is 3. The van der Waals surface area contributed by atoms with Crippen LogP contribution in [0, 0.1) is 6.92 Å². The number of nitrogens with zero attached hydrogens (tertiary/aromatic N) is 4. The molecule has 3 rings (SSSR count). The first-order valence-corrected chi connectivity index (χ1v) is 7.96. The minimum atomic E-state index is -0.392. The number of hydrogen-bond donors (Lipinski definition) is 1. The fourth-order valence-electron chi connectivity index (χ4n) is 2.40. The van der Waals surface area contributed by atoms with Crippen molar-refractivity contribution in [3.05, 3.63) is 35.8 Å². The largest absolute Gasteiger partial charge is 0.423 e. The average molecular weight is 331 g/mol. The van der Waals surface area contributed by atoms with Crippen molar-refractivity contribution in [1.82, 2.24) is 20.1 Å². The van der Waals surface area contributed by atoms with Gasteiger partial charge in [0.25, 0.3) is 0 Å². The topological polar surface area (TPSA) is 93.4 Å². The molecular weight excluding hydrogens is 310 g/mol. The molecule has 8 nitrogen and oxygen atoms in total. The summed E-state index contributed by atoms with van der Waals surface area (Å²) in [4.78, 5) is 18.5. The maximum Gasteiger partial charge on any atom is 0.322 e. The summed E-state index contributed by atoms with van der Waals surface area (Å²) < 4.78 is 11.2. The lowest BCUT2D eigenvalue weighted by Crippen LogP contribution is -2.45. The Labute approximate surface area is 140 Å². The van der Waals surface area contributed by atoms with Gasteiger partial charge in [0, 0.05) is 18.2 Å². The molecule has 1 atom stereocenters. The van der Waals surface area contributed by atoms with E-state index in [1.54, 1.807) is 11.1 Å². The van der Waals surface area contributed by atoms with E-state index in [0.717, 1.165) is 5.69 Å². The standard InChI is InChI=1S/C16H21N5O3/c1-10(2)14-19-20-15(24-14)13-9-23-7-6-21(13)16(22)18-12-5-4-11(3)17-8-12/h4-5,8,10,13H,6-7,9H2,1-3H3,(H,18,22). The average Bonchev–Trinajstić information content (AvgIpc) is 3.07. The maximum absolute atomic E-state index is 12.6. The van der Waals surface area contributed by atoms with Gasteiger partial charge in [-0.15, -0.1) is 10.2 Å². The fraction of sp³-hybridized carbons (Fsp3) is 0.500. The second-order valence-corrected chi connectivity index (χ2v) is 6.04. The quantitative estimate of drug-likeness (QED) is 0.929. The van der Waals surface area contributed by atoms with E-state index in [4.69, 9.17) is 9.15 Å². The third kappa shape index (κ3) is 3.53. The highest BCUT2D eigenvalue weighted by Crippen LogP contribution is 2.25. The van der Waals surface area contributed by atoms with Gasteiger partial charge in [-0.25, -0.2) is 4.79 Å². The van der Waals surface area contributed by atoms with E-state index >= 15 is 0 Å². The summed E-state index contributed by atoms with van der Waals surface area (Å²) in [5, 5.41) is 11.0. The first-order valence-electron chi connectivity index (χ1n) is 7.96. The molecule has 1 aliphatic heterocycles. The van der Waals surface area contributed by atoms with Gasteiger partial charge in [-0.3, -0.25) is 4.98 Å². The molecule has 2 aromatic heterocycles. The fourth-order valence-corrected chi connectivity index (χ4v) is 2.40. The monoisotopic (exact) mass is 331 g/mol. The molecular formula is C16H21N5O3. The number of urea groups is 1. The van der Waals surface area contributed by atoms with Crippen LogP contribution in [0.2, 0.25) is 0 Å². The van der Waals surface area contributed by atoms with Crippen molar-refractivity contribution in [3.63, 3.8) is 0 Å². The van der Waals surface area contributed by atoms with E-state index in [0.29, 0.717) is 37.2 Å². The molecule has 0 saturated carbocycles. The summed E-state index contributed by atoms with van der Waals surface area (Å²) in [6.07, 6.45) is 1.63. The van der Waals surface area contributed by atoms with E-state index in [1.165, 1.54) is 0 Å². The van der Waals surface area contributed by atoms with E-state index < -0.39 is 6.04 Å². The predicted octanol–water partition coefficient (Wildman–Crippen LogP) is 2.50. The van der Waals surface area contributed by atoms with Crippen LogP contribution in [0.3, 0.4) is 0 Å². The second-order valence-electron chi connectivity index (χ2n) is 6.04. The zero-order valence-electron chi connectivity index (χ0n) is 14.0. The molecule has 24 heavy (non-hydrogen) atoms. The highest BCUT2D eigenvalue weighted by atomic mass is 16.5. The number of anilines is 1. The van der Waals surface area contributed by atoms with Crippen molar-refractivity contribution < 1.29 is 13.9 Å². The number of aromatic nitrogens is 3. The third-order valence-corrected chi connectivity index (χ3v) is 3.79. The minimum Gasteiger partial charge on any atom is -0.423 e. The van der Waals surface area contributed by atoms with E-state index in [9.17, 15) is 4.79 Å². The molecule has 2 amide bonds. The van der Waals surface area contributed by atoms with Crippen LogP contribution < -0.4 is 5.32 Å². The molecule has 1 fully saturated rings. The third-order valence-electron chi connectivity index (χ3n) is 3.79. The number of hydrogen-bond acceptors (Lipinski definition) is 6. The summed E-state index contributed by atoms with van der Waals surface area (Å²) in [7, 11) is 0. The number of nitrogens with one attached hydrogen (secondary N) is 1. The Morgan fingerprint density at radius 2 is 2.21 bits per heavy atom. The lowest BCUT2D eigenvalue weighted by molar-refractivity contribution is 0.00494. The molecule has 8 heteroatoms. The van der Waals surface area contributed by atoms with Crippen molar-refractivity contribution in [3.8, 4) is 0 Å². The van der Waals surface area contributed by atoms with Gasteiger partial charge in [-0.05, 0) is 19.1 Å². The van der Waals surface area contributed by atoms with Gasteiger partial charge in [0.2, 0.25) is 11.8 Å². The van der Waals surface area contributed by atoms with Crippen LogP contribution >= 0.6 is 0 Å². The Morgan fingerprint density at radius 1 is 1.38 bits per heavy atom. The lowest BCUT2D eigenvalue weighted by Gasteiger charge is -2.33. The highest BCUT2D eigenvalue weighted by Gasteiger charge is 2.33. The van der Waals surface area contributed by atoms with Gasteiger partial charge in [0.1, 0.15) is 6.04 Å². The summed E-state index contributed by atoms with van der Waals surface area (Å²) in [6.45, 7) is 7.11. The van der Waals surface area contributed by atoms with Crippen molar-refractivity contribution in [2.24, 2.45) is 0 Å². The van der Waals surface area contributed by atoms with E-state index in [-0.39, 0.29) is 11.9 Å². The van der Waals surface area contributed by atoms with Gasteiger partial charge in [-0.2, -0.15) is 0 Å². The van der Waals surface area contributed by atoms with Gasteiger partial charge in [0.15, 0.2) is 0 Å². The van der Waals surface area contributed by atoms with Crippen LogP contribution in [0.5, 0.6) is 0 Å². The number of morpholine rings is 1. The highest BCUT2D eigenvalue weighted by molar-refractivity contribution is 5.89. The maximum atomic E-state index is 12.6. The van der Waals surface area contributed by atoms with Crippen LogP contribution in [0.1, 0.15) is 43.3 Å². The minimum absolute atomic E-state index is 0.136. The number of pyridine rings is 1. The smallest absolute Gasteiger partial charge is 0.322 e. The van der Waals surface area contributed by atoms with E-state index in [2.05, 4.69) is 20.5 Å². The van der Waals surface area contributed by atoms with Crippen LogP contribution in [0.25, 0.3) is 0 Å². The molecule has 0 radical (unpaired) electrons. The molecule has 0 spiro atoms. The van der Waals surface area contributed by atoms with Crippen LogP contribution in [-0.4, -0.2) is 45.9 Å². The van der Waals surface area contributed by atoms with Gasteiger partial charge in [-0.1, -0.05) is 13.8 Å². The first kappa shape index (κ1) is 16.4. The van der Waals surface area contributed by atoms with Crippen molar-refractivity contribution >= 4 is 11.7 Å². The zero-order chi connectivity index (χ0) is 17.1. The first-order chi connectivity index (χ1) is 11.5. The van der Waals surface area contributed by atoms with Gasteiger partial charge < -0.3 is 19.4 Å². The summed E-state index contributed by atoms with van der Waals surface area (Å²) in [6, 6.07) is 3.04. The Kier molecular flexibility index (Phi) is 4.75. The molecule has 1 aliphatic rings. The zero-order valence-corrected chi connectivity index (χ0v) is 14.0. The molecule has 0 bridgehead atoms. The number of amides is 2. The summed E-state index contributed by atoms with van der Waals surface area (Å²) in [5.41, 5.74) is 1.54. The van der Waals surface area contributed by atoms with E-state index in [1.807, 2.05) is 32.9 Å².